The second-order valence-corrected chi connectivity index (χ2v) is 9.56. The fourth-order valence-corrected chi connectivity index (χ4v) is 3.27. The number of nitrogens with one attached hydrogen (secondary N) is 1. The van der Waals surface area contributed by atoms with Crippen molar-refractivity contribution in [1.82, 2.24) is 5.43 Å². The summed E-state index contributed by atoms with van der Waals surface area (Å²) in [5.74, 6) is 1.09. The van der Waals surface area contributed by atoms with E-state index in [0.717, 1.165) is 16.7 Å². The molecule has 1 heterocycles. The molecule has 1 unspecified atom stereocenters. The molecule has 2 aromatic carbocycles. The van der Waals surface area contributed by atoms with Gasteiger partial charge in [-0.25, -0.2) is 5.43 Å². The molecule has 160 valence electrons. The third-order valence-corrected chi connectivity index (χ3v) is 4.94. The van der Waals surface area contributed by atoms with Crippen LogP contribution in [0.4, 0.5) is 0 Å². The molecule has 0 radical (unpaired) electrons. The average molecular weight is 411 g/mol. The lowest BCUT2D eigenvalue weighted by Gasteiger charge is -2.27. The Balaban J connectivity index is 1.77. The van der Waals surface area contributed by atoms with E-state index in [1.54, 1.807) is 18.3 Å². The van der Waals surface area contributed by atoms with Crippen molar-refractivity contribution in [2.45, 2.75) is 58.5 Å². The van der Waals surface area contributed by atoms with Gasteiger partial charge in [-0.3, -0.25) is 4.79 Å². The van der Waals surface area contributed by atoms with E-state index in [1.807, 2.05) is 24.3 Å². The third kappa shape index (κ3) is 4.75. The molecule has 3 rings (SSSR count). The van der Waals surface area contributed by atoms with Gasteiger partial charge in [-0.15, -0.1) is 0 Å². The molecule has 1 aliphatic rings. The summed E-state index contributed by atoms with van der Waals surface area (Å²) in [4.78, 5) is 12.4. The number of carbonyl (C=O) groups excluding carboxylic acids is 1. The molecule has 1 amide bonds. The smallest absolute Gasteiger partial charge is 0.284 e. The summed E-state index contributed by atoms with van der Waals surface area (Å²) in [5.41, 5.74) is 4.52. The highest BCUT2D eigenvalue weighted by Crippen LogP contribution is 2.39. The number of phenols is 1. The Kier molecular flexibility index (Phi) is 5.79. The van der Waals surface area contributed by atoms with Gasteiger partial charge in [0.2, 0.25) is 6.10 Å². The number of carbonyl (C=O) groups is 1. The van der Waals surface area contributed by atoms with Gasteiger partial charge in [0.05, 0.1) is 6.21 Å². The van der Waals surface area contributed by atoms with Crippen molar-refractivity contribution in [2.75, 3.05) is 6.61 Å². The molecule has 1 atom stereocenters. The SMILES string of the molecule is CC(C)(C)c1cc(/C=N/NC(=O)C2COc3ccccc3O2)cc(C(C)(C)C)c1O. The minimum Gasteiger partial charge on any atom is -0.507 e. The van der Waals surface area contributed by atoms with E-state index in [0.29, 0.717) is 17.2 Å². The van der Waals surface area contributed by atoms with Crippen LogP contribution in [0.5, 0.6) is 17.2 Å². The van der Waals surface area contributed by atoms with Gasteiger partial charge in [0, 0.05) is 11.1 Å². The van der Waals surface area contributed by atoms with Crippen molar-refractivity contribution >= 4 is 12.1 Å². The van der Waals surface area contributed by atoms with Gasteiger partial charge in [0.1, 0.15) is 12.4 Å². The van der Waals surface area contributed by atoms with Crippen molar-refractivity contribution in [3.05, 3.63) is 53.1 Å². The second-order valence-electron chi connectivity index (χ2n) is 9.56. The molecular formula is C24H30N2O4. The molecule has 0 saturated carbocycles. The highest BCUT2D eigenvalue weighted by Gasteiger charge is 2.28. The first kappa shape index (κ1) is 21.7. The molecule has 0 saturated heterocycles. The van der Waals surface area contributed by atoms with Crippen molar-refractivity contribution in [3.63, 3.8) is 0 Å². The minimum atomic E-state index is -0.771. The van der Waals surface area contributed by atoms with E-state index in [4.69, 9.17) is 9.47 Å². The molecule has 0 aliphatic carbocycles. The zero-order valence-corrected chi connectivity index (χ0v) is 18.4. The molecule has 0 fully saturated rings. The molecule has 0 bridgehead atoms. The summed E-state index contributed by atoms with van der Waals surface area (Å²) in [5, 5.41) is 14.9. The highest BCUT2D eigenvalue weighted by molar-refractivity contribution is 5.85. The van der Waals surface area contributed by atoms with Crippen LogP contribution in [0.15, 0.2) is 41.5 Å². The van der Waals surface area contributed by atoms with E-state index >= 15 is 0 Å². The van der Waals surface area contributed by atoms with Gasteiger partial charge >= 0.3 is 0 Å². The number of nitrogens with zero attached hydrogens (tertiary/aromatic N) is 1. The van der Waals surface area contributed by atoms with Crippen molar-refractivity contribution < 1.29 is 19.4 Å². The van der Waals surface area contributed by atoms with Crippen LogP contribution in [-0.2, 0) is 15.6 Å². The zero-order chi connectivity index (χ0) is 22.1. The standard InChI is InChI=1S/C24H30N2O4/c1-23(2,3)16-11-15(12-17(21(16)27)24(4,5)6)13-25-26-22(28)20-14-29-18-9-7-8-10-19(18)30-20/h7-13,20,27H,14H2,1-6H3,(H,26,28)/b25-13+. The molecule has 2 aromatic rings. The summed E-state index contributed by atoms with van der Waals surface area (Å²) < 4.78 is 11.3. The number of para-hydroxylation sites is 2. The van der Waals surface area contributed by atoms with Gasteiger partial charge in [0.25, 0.3) is 5.91 Å². The van der Waals surface area contributed by atoms with E-state index in [9.17, 15) is 9.90 Å². The Hall–Kier alpha value is -3.02. The predicted molar refractivity (Wildman–Crippen MR) is 118 cm³/mol. The lowest BCUT2D eigenvalue weighted by molar-refractivity contribution is -0.130. The van der Waals surface area contributed by atoms with E-state index in [2.05, 4.69) is 52.1 Å². The Labute approximate surface area is 177 Å². The quantitative estimate of drug-likeness (QED) is 0.585. The number of hydrazone groups is 1. The number of rotatable bonds is 3. The van der Waals surface area contributed by atoms with Crippen molar-refractivity contribution in [3.8, 4) is 17.2 Å². The molecule has 1 aliphatic heterocycles. The number of aromatic hydroxyl groups is 1. The van der Waals surface area contributed by atoms with Gasteiger partial charge in [-0.2, -0.15) is 5.10 Å². The number of fused-ring (bicyclic) bond motifs is 1. The summed E-state index contributed by atoms with van der Waals surface area (Å²) in [6.07, 6.45) is 0.812. The Morgan fingerprint density at radius 2 is 1.63 bits per heavy atom. The number of hydrogen-bond acceptors (Lipinski definition) is 5. The topological polar surface area (TPSA) is 80.2 Å². The maximum Gasteiger partial charge on any atom is 0.284 e. The fraction of sp³-hybridized carbons (Fsp3) is 0.417. The minimum absolute atomic E-state index is 0.125. The third-order valence-electron chi connectivity index (χ3n) is 4.94. The Morgan fingerprint density at radius 3 is 2.20 bits per heavy atom. The monoisotopic (exact) mass is 410 g/mol. The first-order chi connectivity index (χ1) is 14.0. The largest absolute Gasteiger partial charge is 0.507 e. The highest BCUT2D eigenvalue weighted by atomic mass is 16.6. The van der Waals surface area contributed by atoms with E-state index in [1.165, 1.54) is 0 Å². The van der Waals surface area contributed by atoms with Gasteiger partial charge in [0.15, 0.2) is 11.5 Å². The van der Waals surface area contributed by atoms with Crippen LogP contribution in [0.2, 0.25) is 0 Å². The van der Waals surface area contributed by atoms with E-state index in [-0.39, 0.29) is 23.3 Å². The molecule has 6 heteroatoms. The van der Waals surface area contributed by atoms with Gasteiger partial charge < -0.3 is 14.6 Å². The Bertz CT molecular complexity index is 933. The predicted octanol–water partition coefficient (Wildman–Crippen LogP) is 4.28. The summed E-state index contributed by atoms with van der Waals surface area (Å²) in [6, 6.07) is 11.0. The lowest BCUT2D eigenvalue weighted by atomic mass is 9.78. The van der Waals surface area contributed by atoms with Crippen molar-refractivity contribution in [2.24, 2.45) is 5.10 Å². The number of benzene rings is 2. The molecule has 0 aromatic heterocycles. The maximum absolute atomic E-state index is 12.4. The first-order valence-corrected chi connectivity index (χ1v) is 10.1. The van der Waals surface area contributed by atoms with Gasteiger partial charge in [-0.05, 0) is 40.7 Å². The number of ether oxygens (including phenoxy) is 2. The lowest BCUT2D eigenvalue weighted by Crippen LogP contribution is -2.42. The summed E-state index contributed by atoms with van der Waals surface area (Å²) in [7, 11) is 0. The van der Waals surface area contributed by atoms with Gasteiger partial charge in [-0.1, -0.05) is 53.7 Å². The normalized spacial score (nSPS) is 16.5. The van der Waals surface area contributed by atoms with Crippen LogP contribution in [0, 0.1) is 0 Å². The molecule has 2 N–H and O–H groups in total. The van der Waals surface area contributed by atoms with Crippen molar-refractivity contribution in [1.29, 1.82) is 0 Å². The maximum atomic E-state index is 12.4. The first-order valence-electron chi connectivity index (χ1n) is 10.1. The molecular weight excluding hydrogens is 380 g/mol. The molecule has 6 nitrogen and oxygen atoms in total. The molecule has 30 heavy (non-hydrogen) atoms. The van der Waals surface area contributed by atoms with Crippen LogP contribution >= 0.6 is 0 Å². The molecule has 0 spiro atoms. The van der Waals surface area contributed by atoms with Crippen LogP contribution in [0.3, 0.4) is 0 Å². The number of amides is 1. The Morgan fingerprint density at radius 1 is 1.07 bits per heavy atom. The zero-order valence-electron chi connectivity index (χ0n) is 18.4. The average Bonchev–Trinajstić information content (AvgIpc) is 2.66. The number of phenolic OH excluding ortho intramolecular Hbond substituents is 1. The fourth-order valence-electron chi connectivity index (χ4n) is 3.27. The van der Waals surface area contributed by atoms with Crippen LogP contribution in [0.25, 0.3) is 0 Å². The van der Waals surface area contributed by atoms with Crippen LogP contribution in [0.1, 0.15) is 58.2 Å². The van der Waals surface area contributed by atoms with E-state index < -0.39 is 6.10 Å². The second kappa shape index (κ2) is 8.01. The van der Waals surface area contributed by atoms with Crippen LogP contribution in [-0.4, -0.2) is 29.9 Å². The summed E-state index contributed by atoms with van der Waals surface area (Å²) >= 11 is 0. The summed E-state index contributed by atoms with van der Waals surface area (Å²) in [6.45, 7) is 12.4. The van der Waals surface area contributed by atoms with Crippen LogP contribution < -0.4 is 14.9 Å². The number of hydrogen-bond donors (Lipinski definition) is 2.